The summed E-state index contributed by atoms with van der Waals surface area (Å²) < 4.78 is 0. The van der Waals surface area contributed by atoms with Crippen molar-refractivity contribution in [1.82, 2.24) is 10.3 Å². The maximum Gasteiger partial charge on any atom is 0.0535 e. The summed E-state index contributed by atoms with van der Waals surface area (Å²) in [5.41, 5.74) is 3.77. The van der Waals surface area contributed by atoms with Crippen molar-refractivity contribution in [3.05, 3.63) is 59.4 Å². The second-order valence-corrected chi connectivity index (χ2v) is 5.96. The predicted octanol–water partition coefficient (Wildman–Crippen LogP) is 4.35. The molecule has 1 atom stereocenters. The topological polar surface area (TPSA) is 24.9 Å². The maximum absolute atomic E-state index is 4.45. The molecule has 0 radical (unpaired) electrons. The molecule has 0 amide bonds. The minimum absolute atomic E-state index is 0.400. The number of hydrogen-bond acceptors (Lipinski definition) is 3. The highest BCUT2D eigenvalue weighted by atomic mass is 32.2. The van der Waals surface area contributed by atoms with E-state index in [-0.39, 0.29) is 0 Å². The first-order valence-electron chi connectivity index (χ1n) is 7.07. The third kappa shape index (κ3) is 4.09. The Balaban J connectivity index is 2.03. The smallest absolute Gasteiger partial charge is 0.0535 e. The number of benzene rings is 1. The number of rotatable bonds is 6. The molecule has 1 aromatic carbocycles. The quantitative estimate of drug-likeness (QED) is 0.799. The summed E-state index contributed by atoms with van der Waals surface area (Å²) in [6.45, 7) is 7.45. The number of aryl methyl sites for hydroxylation is 1. The van der Waals surface area contributed by atoms with Gasteiger partial charge in [0.1, 0.15) is 0 Å². The number of thioether (sulfide) groups is 1. The highest BCUT2D eigenvalue weighted by molar-refractivity contribution is 7.98. The van der Waals surface area contributed by atoms with E-state index in [0.717, 1.165) is 12.3 Å². The largest absolute Gasteiger partial charge is 0.310 e. The Hall–Kier alpha value is -1.32. The van der Waals surface area contributed by atoms with Crippen molar-refractivity contribution in [1.29, 1.82) is 0 Å². The SMILES string of the molecule is CCNC(C)c1cccc(SCc2ncccc2C)c1. The molecule has 20 heavy (non-hydrogen) atoms. The van der Waals surface area contributed by atoms with Crippen molar-refractivity contribution in [3.8, 4) is 0 Å². The van der Waals surface area contributed by atoms with Crippen LogP contribution < -0.4 is 5.32 Å². The van der Waals surface area contributed by atoms with E-state index in [4.69, 9.17) is 0 Å². The summed E-state index contributed by atoms with van der Waals surface area (Å²) in [5.74, 6) is 0.922. The van der Waals surface area contributed by atoms with Crippen LogP contribution >= 0.6 is 11.8 Å². The van der Waals surface area contributed by atoms with Gasteiger partial charge in [0.05, 0.1) is 5.69 Å². The summed E-state index contributed by atoms with van der Waals surface area (Å²) >= 11 is 1.85. The maximum atomic E-state index is 4.45. The minimum atomic E-state index is 0.400. The molecule has 0 bridgehead atoms. The van der Waals surface area contributed by atoms with Gasteiger partial charge in [0.15, 0.2) is 0 Å². The van der Waals surface area contributed by atoms with E-state index in [2.05, 4.69) is 61.4 Å². The van der Waals surface area contributed by atoms with Gasteiger partial charge in [-0.05, 0) is 49.7 Å². The lowest BCUT2D eigenvalue weighted by Crippen LogP contribution is -2.17. The highest BCUT2D eigenvalue weighted by Crippen LogP contribution is 2.25. The van der Waals surface area contributed by atoms with Crippen LogP contribution in [0.4, 0.5) is 0 Å². The van der Waals surface area contributed by atoms with Crippen LogP contribution in [0.1, 0.15) is 36.7 Å². The van der Waals surface area contributed by atoms with Crippen LogP contribution in [-0.4, -0.2) is 11.5 Å². The Kier molecular flexibility index (Phi) is 5.62. The van der Waals surface area contributed by atoms with Crippen molar-refractivity contribution < 1.29 is 0 Å². The number of hydrogen-bond donors (Lipinski definition) is 1. The Labute approximate surface area is 126 Å². The number of nitrogens with one attached hydrogen (secondary N) is 1. The predicted molar refractivity (Wildman–Crippen MR) is 87.1 cm³/mol. The molecule has 1 aromatic heterocycles. The molecule has 2 rings (SSSR count). The van der Waals surface area contributed by atoms with Gasteiger partial charge in [-0.2, -0.15) is 0 Å². The first kappa shape index (κ1) is 15.1. The summed E-state index contributed by atoms with van der Waals surface area (Å²) in [4.78, 5) is 5.75. The molecule has 0 saturated heterocycles. The molecule has 3 heteroatoms. The Morgan fingerprint density at radius 3 is 2.85 bits per heavy atom. The van der Waals surface area contributed by atoms with Crippen LogP contribution in [0, 0.1) is 6.92 Å². The Bertz CT molecular complexity index is 554. The summed E-state index contributed by atoms with van der Waals surface area (Å²) in [6, 6.07) is 13.3. The van der Waals surface area contributed by atoms with E-state index in [1.54, 1.807) is 0 Å². The van der Waals surface area contributed by atoms with Gasteiger partial charge in [-0.15, -0.1) is 11.8 Å². The lowest BCUT2D eigenvalue weighted by atomic mass is 10.1. The standard InChI is InChI=1S/C17H22N2S/c1-4-18-14(3)15-8-5-9-16(11-15)20-12-17-13(2)7-6-10-19-17/h5-11,14,18H,4,12H2,1-3H3. The second-order valence-electron chi connectivity index (χ2n) is 4.91. The normalized spacial score (nSPS) is 12.3. The van der Waals surface area contributed by atoms with Crippen LogP contribution in [0.3, 0.4) is 0 Å². The third-order valence-corrected chi connectivity index (χ3v) is 4.37. The van der Waals surface area contributed by atoms with E-state index in [9.17, 15) is 0 Å². The van der Waals surface area contributed by atoms with E-state index >= 15 is 0 Å². The molecule has 0 spiro atoms. The van der Waals surface area contributed by atoms with Crippen LogP contribution in [-0.2, 0) is 5.75 Å². The average Bonchev–Trinajstić information content (AvgIpc) is 2.47. The lowest BCUT2D eigenvalue weighted by Gasteiger charge is -2.13. The molecule has 2 aromatic rings. The van der Waals surface area contributed by atoms with Gasteiger partial charge in [0.25, 0.3) is 0 Å². The highest BCUT2D eigenvalue weighted by Gasteiger charge is 2.05. The molecule has 0 fully saturated rings. The molecular formula is C17H22N2S. The summed E-state index contributed by atoms with van der Waals surface area (Å²) in [5, 5.41) is 3.45. The molecule has 1 N–H and O–H groups in total. The molecule has 1 heterocycles. The fraction of sp³-hybridized carbons (Fsp3) is 0.353. The van der Waals surface area contributed by atoms with Gasteiger partial charge >= 0.3 is 0 Å². The molecule has 0 aliphatic heterocycles. The first-order chi connectivity index (χ1) is 9.70. The van der Waals surface area contributed by atoms with E-state index < -0.39 is 0 Å². The van der Waals surface area contributed by atoms with E-state index in [0.29, 0.717) is 6.04 Å². The number of nitrogens with zero attached hydrogens (tertiary/aromatic N) is 1. The molecule has 0 saturated carbocycles. The lowest BCUT2D eigenvalue weighted by molar-refractivity contribution is 0.597. The zero-order chi connectivity index (χ0) is 14.4. The van der Waals surface area contributed by atoms with Crippen LogP contribution in [0.15, 0.2) is 47.5 Å². The van der Waals surface area contributed by atoms with Gasteiger partial charge < -0.3 is 5.32 Å². The minimum Gasteiger partial charge on any atom is -0.310 e. The van der Waals surface area contributed by atoms with Crippen molar-refractivity contribution in [3.63, 3.8) is 0 Å². The van der Waals surface area contributed by atoms with Gasteiger partial charge in [-0.1, -0.05) is 25.1 Å². The molecule has 106 valence electrons. The number of aromatic nitrogens is 1. The fourth-order valence-corrected chi connectivity index (χ4v) is 3.12. The van der Waals surface area contributed by atoms with Crippen LogP contribution in [0.2, 0.25) is 0 Å². The third-order valence-electron chi connectivity index (χ3n) is 3.36. The van der Waals surface area contributed by atoms with Crippen molar-refractivity contribution in [2.24, 2.45) is 0 Å². The molecule has 1 unspecified atom stereocenters. The summed E-state index contributed by atoms with van der Waals surface area (Å²) in [6.07, 6.45) is 1.87. The van der Waals surface area contributed by atoms with Crippen LogP contribution in [0.5, 0.6) is 0 Å². The number of pyridine rings is 1. The molecule has 0 aliphatic rings. The van der Waals surface area contributed by atoms with Gasteiger partial charge in [0.2, 0.25) is 0 Å². The van der Waals surface area contributed by atoms with Gasteiger partial charge in [-0.25, -0.2) is 0 Å². The molecule has 2 nitrogen and oxygen atoms in total. The van der Waals surface area contributed by atoms with Crippen molar-refractivity contribution in [2.45, 2.75) is 37.5 Å². The first-order valence-corrected chi connectivity index (χ1v) is 8.06. The van der Waals surface area contributed by atoms with Gasteiger partial charge in [0, 0.05) is 22.9 Å². The second kappa shape index (κ2) is 7.46. The zero-order valence-electron chi connectivity index (χ0n) is 12.4. The van der Waals surface area contributed by atoms with E-state index in [1.165, 1.54) is 21.7 Å². The molecule has 0 aliphatic carbocycles. The zero-order valence-corrected chi connectivity index (χ0v) is 13.2. The fourth-order valence-electron chi connectivity index (χ4n) is 2.12. The van der Waals surface area contributed by atoms with E-state index in [1.807, 2.05) is 24.0 Å². The Morgan fingerprint density at radius 2 is 2.10 bits per heavy atom. The monoisotopic (exact) mass is 286 g/mol. The Morgan fingerprint density at radius 1 is 1.25 bits per heavy atom. The average molecular weight is 286 g/mol. The van der Waals surface area contributed by atoms with Crippen molar-refractivity contribution >= 4 is 11.8 Å². The summed E-state index contributed by atoms with van der Waals surface area (Å²) in [7, 11) is 0. The van der Waals surface area contributed by atoms with Gasteiger partial charge in [-0.3, -0.25) is 4.98 Å². The van der Waals surface area contributed by atoms with Crippen molar-refractivity contribution in [2.75, 3.05) is 6.54 Å². The molecular weight excluding hydrogens is 264 g/mol. The van der Waals surface area contributed by atoms with Crippen LogP contribution in [0.25, 0.3) is 0 Å².